The van der Waals surface area contributed by atoms with Gasteiger partial charge in [-0.25, -0.2) is 9.97 Å². The molecule has 0 saturated heterocycles. The van der Waals surface area contributed by atoms with Crippen LogP contribution in [0, 0.1) is 5.92 Å². The molecule has 1 aromatic carbocycles. The third-order valence-electron chi connectivity index (χ3n) is 2.93. The fraction of sp³-hybridized carbons (Fsp3) is 0.333. The first kappa shape index (κ1) is 15.7. The maximum absolute atomic E-state index is 6.29. The van der Waals surface area contributed by atoms with Gasteiger partial charge in [0.05, 0.1) is 5.56 Å². The maximum Gasteiger partial charge on any atom is 0.142 e. The molecule has 20 heavy (non-hydrogen) atoms. The highest BCUT2D eigenvalue weighted by molar-refractivity contribution is 9.10. The fourth-order valence-corrected chi connectivity index (χ4v) is 2.90. The van der Waals surface area contributed by atoms with Gasteiger partial charge in [-0.3, -0.25) is 0 Å². The Balaban J connectivity index is 2.36. The average molecular weight is 374 g/mol. The largest absolute Gasteiger partial charge is 0.220 e. The highest BCUT2D eigenvalue weighted by Crippen LogP contribution is 2.33. The number of hydrogen-bond donors (Lipinski definition) is 0. The first-order valence-corrected chi connectivity index (χ1v) is 8.00. The molecule has 0 radical (unpaired) electrons. The third kappa shape index (κ3) is 3.94. The zero-order valence-corrected chi connectivity index (χ0v) is 14.4. The second-order valence-corrected chi connectivity index (χ2v) is 6.67. The lowest BCUT2D eigenvalue weighted by Gasteiger charge is -2.09. The van der Waals surface area contributed by atoms with Gasteiger partial charge in [0.1, 0.15) is 16.1 Å². The Bertz CT molecular complexity index is 592. The minimum atomic E-state index is 0.404. The predicted molar refractivity (Wildman–Crippen MR) is 88.3 cm³/mol. The van der Waals surface area contributed by atoms with Crippen LogP contribution >= 0.6 is 39.1 Å². The van der Waals surface area contributed by atoms with Crippen molar-refractivity contribution in [2.24, 2.45) is 5.92 Å². The van der Waals surface area contributed by atoms with Gasteiger partial charge in [0.15, 0.2) is 0 Å². The smallest absolute Gasteiger partial charge is 0.142 e. The number of benzene rings is 1. The van der Waals surface area contributed by atoms with Crippen molar-refractivity contribution in [2.45, 2.75) is 26.7 Å². The van der Waals surface area contributed by atoms with Crippen LogP contribution in [0.1, 0.15) is 26.1 Å². The summed E-state index contributed by atoms with van der Waals surface area (Å²) in [7, 11) is 0. The quantitative estimate of drug-likeness (QED) is 0.632. The highest BCUT2D eigenvalue weighted by Gasteiger charge is 2.14. The van der Waals surface area contributed by atoms with E-state index in [1.54, 1.807) is 0 Å². The first-order chi connectivity index (χ1) is 9.47. The van der Waals surface area contributed by atoms with Crippen LogP contribution in [-0.2, 0) is 6.42 Å². The predicted octanol–water partition coefficient (Wildman–Crippen LogP) is 5.80. The van der Waals surface area contributed by atoms with E-state index in [0.717, 1.165) is 22.9 Å². The number of rotatable bonds is 4. The third-order valence-corrected chi connectivity index (χ3v) is 3.97. The second-order valence-electron chi connectivity index (χ2n) is 5.04. The van der Waals surface area contributed by atoms with Gasteiger partial charge in [-0.05, 0) is 30.0 Å². The van der Waals surface area contributed by atoms with Gasteiger partial charge in [0.25, 0.3) is 0 Å². The lowest BCUT2D eigenvalue weighted by Crippen LogP contribution is -2.01. The van der Waals surface area contributed by atoms with Crippen LogP contribution < -0.4 is 0 Å². The lowest BCUT2D eigenvalue weighted by molar-refractivity contribution is 0.575. The molecule has 0 bridgehead atoms. The molecule has 2 aromatic rings. The van der Waals surface area contributed by atoms with Crippen molar-refractivity contribution < 1.29 is 0 Å². The van der Waals surface area contributed by atoms with Crippen molar-refractivity contribution >= 4 is 39.1 Å². The molecule has 0 amide bonds. The normalized spacial score (nSPS) is 11.1. The molecular formula is C15H15BrCl2N2. The van der Waals surface area contributed by atoms with Crippen LogP contribution in [0.25, 0.3) is 11.1 Å². The number of hydrogen-bond acceptors (Lipinski definition) is 2. The summed E-state index contributed by atoms with van der Waals surface area (Å²) < 4.78 is 0.964. The van der Waals surface area contributed by atoms with Crippen LogP contribution in [0.15, 0.2) is 28.7 Å². The molecule has 5 heteroatoms. The lowest BCUT2D eigenvalue weighted by atomic mass is 10.1. The summed E-state index contributed by atoms with van der Waals surface area (Å²) in [6.07, 6.45) is 1.80. The zero-order valence-electron chi connectivity index (χ0n) is 11.3. The first-order valence-electron chi connectivity index (χ1n) is 6.45. The minimum Gasteiger partial charge on any atom is -0.220 e. The zero-order chi connectivity index (χ0) is 14.7. The van der Waals surface area contributed by atoms with Crippen LogP contribution in [0.4, 0.5) is 0 Å². The van der Waals surface area contributed by atoms with Crippen LogP contribution in [0.3, 0.4) is 0 Å². The van der Waals surface area contributed by atoms with Crippen LogP contribution in [0.2, 0.25) is 10.3 Å². The minimum absolute atomic E-state index is 0.404. The number of nitrogens with zero attached hydrogens (tertiary/aromatic N) is 2. The van der Waals surface area contributed by atoms with Gasteiger partial charge in [-0.2, -0.15) is 0 Å². The van der Waals surface area contributed by atoms with Crippen molar-refractivity contribution in [1.29, 1.82) is 0 Å². The van der Waals surface area contributed by atoms with Crippen molar-refractivity contribution in [3.63, 3.8) is 0 Å². The molecule has 0 N–H and O–H groups in total. The van der Waals surface area contributed by atoms with Gasteiger partial charge in [0, 0.05) is 10.9 Å². The molecule has 0 unspecified atom stereocenters. The molecule has 0 aliphatic rings. The molecule has 0 aliphatic heterocycles. The van der Waals surface area contributed by atoms with E-state index in [1.807, 2.05) is 24.3 Å². The molecular weight excluding hydrogens is 359 g/mol. The van der Waals surface area contributed by atoms with Gasteiger partial charge in [-0.1, -0.05) is 65.1 Å². The van der Waals surface area contributed by atoms with Gasteiger partial charge < -0.3 is 0 Å². The highest BCUT2D eigenvalue weighted by atomic mass is 79.9. The summed E-state index contributed by atoms with van der Waals surface area (Å²) in [5.41, 5.74) is 1.59. The van der Waals surface area contributed by atoms with E-state index in [1.165, 1.54) is 0 Å². The molecule has 2 nitrogen and oxygen atoms in total. The van der Waals surface area contributed by atoms with E-state index in [2.05, 4.69) is 39.7 Å². The van der Waals surface area contributed by atoms with E-state index >= 15 is 0 Å². The molecule has 0 saturated carbocycles. The average Bonchev–Trinajstić information content (AvgIpc) is 2.35. The number of aromatic nitrogens is 2. The summed E-state index contributed by atoms with van der Waals surface area (Å²) in [5, 5.41) is 0.809. The Morgan fingerprint density at radius 1 is 1.15 bits per heavy atom. The molecule has 106 valence electrons. The van der Waals surface area contributed by atoms with Gasteiger partial charge in [0.2, 0.25) is 0 Å². The van der Waals surface area contributed by atoms with Crippen molar-refractivity contribution in [3.05, 3.63) is 44.9 Å². The van der Waals surface area contributed by atoms with Crippen LogP contribution in [-0.4, -0.2) is 9.97 Å². The summed E-state index contributed by atoms with van der Waals surface area (Å²) >= 11 is 16.0. The van der Waals surface area contributed by atoms with Gasteiger partial charge in [-0.15, -0.1) is 0 Å². The van der Waals surface area contributed by atoms with E-state index in [0.29, 0.717) is 27.6 Å². The topological polar surface area (TPSA) is 25.8 Å². The molecule has 0 fully saturated rings. The Labute approximate surface area is 137 Å². The molecule has 2 rings (SSSR count). The van der Waals surface area contributed by atoms with Gasteiger partial charge >= 0.3 is 0 Å². The summed E-state index contributed by atoms with van der Waals surface area (Å²) in [4.78, 5) is 8.73. The molecule has 0 atom stereocenters. The Hall–Kier alpha value is -0.640. The van der Waals surface area contributed by atoms with E-state index < -0.39 is 0 Å². The Kier molecular flexibility index (Phi) is 5.42. The van der Waals surface area contributed by atoms with Crippen molar-refractivity contribution in [2.75, 3.05) is 0 Å². The number of aryl methyl sites for hydroxylation is 1. The van der Waals surface area contributed by atoms with Crippen molar-refractivity contribution in [1.82, 2.24) is 9.97 Å². The molecule has 0 aliphatic carbocycles. The van der Waals surface area contributed by atoms with Crippen molar-refractivity contribution in [3.8, 4) is 11.1 Å². The monoisotopic (exact) mass is 372 g/mol. The second kappa shape index (κ2) is 6.88. The fourth-order valence-electron chi connectivity index (χ4n) is 1.86. The standard InChI is InChI=1S/C15H15BrCl2N2/c1-9(2)6-7-12-19-14(17)13(15(18)20-12)10-4-3-5-11(16)8-10/h3-5,8-9H,6-7H2,1-2H3. The van der Waals surface area contributed by atoms with E-state index in [4.69, 9.17) is 23.2 Å². The summed E-state index contributed by atoms with van der Waals surface area (Å²) in [5.74, 6) is 1.30. The molecule has 1 aromatic heterocycles. The van der Waals surface area contributed by atoms with Crippen LogP contribution in [0.5, 0.6) is 0 Å². The molecule has 1 heterocycles. The van der Waals surface area contributed by atoms with E-state index in [9.17, 15) is 0 Å². The SMILES string of the molecule is CC(C)CCc1nc(Cl)c(-c2cccc(Br)c2)c(Cl)n1. The summed E-state index contributed by atoms with van der Waals surface area (Å²) in [6, 6.07) is 7.77. The number of halogens is 3. The molecule has 0 spiro atoms. The Morgan fingerprint density at radius 2 is 1.80 bits per heavy atom. The maximum atomic E-state index is 6.29. The Morgan fingerprint density at radius 3 is 2.35 bits per heavy atom. The van der Waals surface area contributed by atoms with E-state index in [-0.39, 0.29) is 0 Å². The summed E-state index contributed by atoms with van der Waals surface area (Å²) in [6.45, 7) is 4.33.